The molecule has 0 unspecified atom stereocenters. The van der Waals surface area contributed by atoms with E-state index in [1.54, 1.807) is 0 Å². The van der Waals surface area contributed by atoms with Gasteiger partial charge in [0, 0.05) is 33.5 Å². The molecule has 0 N–H and O–H groups in total. The van der Waals surface area contributed by atoms with Gasteiger partial charge in [0.1, 0.15) is 0 Å². The summed E-state index contributed by atoms with van der Waals surface area (Å²) in [6.07, 6.45) is 0. The summed E-state index contributed by atoms with van der Waals surface area (Å²) in [6, 6.07) is 59.0. The third-order valence-electron chi connectivity index (χ3n) is 9.29. The van der Waals surface area contributed by atoms with Gasteiger partial charge in [-0.3, -0.25) is 0 Å². The lowest BCUT2D eigenvalue weighted by atomic mass is 10.0. The number of benzene rings is 8. The fourth-order valence-corrected chi connectivity index (χ4v) is 6.86. The Hall–Kier alpha value is -6.64. The van der Waals surface area contributed by atoms with Crippen LogP contribution >= 0.6 is 0 Å². The number of nitrogens with zero attached hydrogens (tertiary/aromatic N) is 2. The third-order valence-corrected chi connectivity index (χ3v) is 9.29. The fraction of sp³-hybridized carbons (Fsp3) is 0. The Morgan fingerprint density at radius 3 is 1.44 bits per heavy atom. The van der Waals surface area contributed by atoms with Gasteiger partial charge < -0.3 is 9.47 Å². The van der Waals surface area contributed by atoms with Crippen LogP contribution in [0.1, 0.15) is 6.85 Å². The van der Waals surface area contributed by atoms with Crippen LogP contribution in [0.25, 0.3) is 60.9 Å². The maximum absolute atomic E-state index is 8.51. The van der Waals surface area contributed by atoms with E-state index < -0.39 is 6.04 Å². The number of para-hydroxylation sites is 2. The van der Waals surface area contributed by atoms with Crippen molar-refractivity contribution < 1.29 is 6.85 Å². The van der Waals surface area contributed by atoms with Gasteiger partial charge in [-0.15, -0.1) is 0 Å². The fourth-order valence-electron chi connectivity index (χ4n) is 6.86. The Labute approximate surface area is 299 Å². The number of aromatic nitrogens is 1. The SMILES string of the molecule is [2H]c1c([2H])c([2H])c(-c2ccc(N(c3ccc(-c4ccccc4)cc3)c3ccc(-c4ccc5c6ccccc6n(-c6ccccc6)c5c4)cc3)cc2)c([2H])c1[2H]. The molecule has 2 nitrogen and oxygen atoms in total. The molecule has 0 radical (unpaired) electrons. The van der Waals surface area contributed by atoms with Gasteiger partial charge >= 0.3 is 0 Å². The molecular formula is C48H34N2. The van der Waals surface area contributed by atoms with Crippen molar-refractivity contribution in [3.63, 3.8) is 0 Å². The predicted octanol–water partition coefficient (Wildman–Crippen LogP) is 13.3. The highest BCUT2D eigenvalue weighted by Gasteiger charge is 2.16. The average Bonchev–Trinajstić information content (AvgIpc) is 3.58. The van der Waals surface area contributed by atoms with E-state index in [0.717, 1.165) is 50.5 Å². The second-order valence-electron chi connectivity index (χ2n) is 12.3. The molecule has 0 spiro atoms. The molecular weight excluding hydrogens is 605 g/mol. The molecule has 1 aromatic heterocycles. The number of hydrogen-bond donors (Lipinski definition) is 0. The van der Waals surface area contributed by atoms with Crippen molar-refractivity contribution >= 4 is 38.9 Å². The van der Waals surface area contributed by atoms with Gasteiger partial charge in [0.25, 0.3) is 0 Å². The van der Waals surface area contributed by atoms with Crippen molar-refractivity contribution in [2.75, 3.05) is 4.90 Å². The maximum atomic E-state index is 8.51. The summed E-state index contributed by atoms with van der Waals surface area (Å²) in [7, 11) is 0. The molecule has 0 fully saturated rings. The largest absolute Gasteiger partial charge is 0.311 e. The van der Waals surface area contributed by atoms with E-state index in [2.05, 4.69) is 137 Å². The van der Waals surface area contributed by atoms with Gasteiger partial charge in [0.15, 0.2) is 0 Å². The molecule has 2 heteroatoms. The lowest BCUT2D eigenvalue weighted by Crippen LogP contribution is -2.09. The summed E-state index contributed by atoms with van der Waals surface area (Å²) < 4.78 is 43.7. The Bertz CT molecular complexity index is 2800. The summed E-state index contributed by atoms with van der Waals surface area (Å²) in [5, 5.41) is 2.42. The number of rotatable bonds is 7. The van der Waals surface area contributed by atoms with Crippen molar-refractivity contribution in [2.24, 2.45) is 0 Å². The number of anilines is 3. The van der Waals surface area contributed by atoms with Crippen molar-refractivity contribution in [1.82, 2.24) is 4.57 Å². The molecule has 9 aromatic rings. The summed E-state index contributed by atoms with van der Waals surface area (Å²) in [5.74, 6) is 0. The normalized spacial score (nSPS) is 12.6. The van der Waals surface area contributed by atoms with Crippen molar-refractivity contribution in [3.05, 3.63) is 206 Å². The molecule has 0 atom stereocenters. The highest BCUT2D eigenvalue weighted by atomic mass is 15.1. The van der Waals surface area contributed by atoms with E-state index in [0.29, 0.717) is 5.56 Å². The minimum absolute atomic E-state index is 0.184. The monoisotopic (exact) mass is 643 g/mol. The Morgan fingerprint density at radius 2 is 0.820 bits per heavy atom. The van der Waals surface area contributed by atoms with Crippen LogP contribution < -0.4 is 4.90 Å². The minimum Gasteiger partial charge on any atom is -0.311 e. The predicted molar refractivity (Wildman–Crippen MR) is 212 cm³/mol. The quantitative estimate of drug-likeness (QED) is 0.168. The molecule has 8 aromatic carbocycles. The molecule has 0 aliphatic rings. The second-order valence-corrected chi connectivity index (χ2v) is 12.3. The van der Waals surface area contributed by atoms with Gasteiger partial charge in [-0.25, -0.2) is 0 Å². The van der Waals surface area contributed by atoms with Crippen LogP contribution in [-0.2, 0) is 0 Å². The van der Waals surface area contributed by atoms with Crippen molar-refractivity contribution in [1.29, 1.82) is 0 Å². The Balaban J connectivity index is 1.12. The molecule has 0 aliphatic heterocycles. The van der Waals surface area contributed by atoms with Gasteiger partial charge in [-0.1, -0.05) is 145 Å². The van der Waals surface area contributed by atoms with Crippen LogP contribution in [0.5, 0.6) is 0 Å². The molecule has 0 saturated heterocycles. The smallest absolute Gasteiger partial charge is 0.0629 e. The van der Waals surface area contributed by atoms with Gasteiger partial charge in [-0.05, 0) is 94.0 Å². The highest BCUT2D eigenvalue weighted by molar-refractivity contribution is 6.10. The zero-order valence-electron chi connectivity index (χ0n) is 32.1. The first kappa shape index (κ1) is 24.5. The average molecular weight is 644 g/mol. The Kier molecular flexibility index (Phi) is 6.25. The lowest BCUT2D eigenvalue weighted by Gasteiger charge is -2.26. The van der Waals surface area contributed by atoms with E-state index >= 15 is 0 Å². The van der Waals surface area contributed by atoms with Crippen LogP contribution in [-0.4, -0.2) is 4.57 Å². The summed E-state index contributed by atoms with van der Waals surface area (Å²) in [4.78, 5) is 2.17. The van der Waals surface area contributed by atoms with E-state index in [-0.39, 0.29) is 29.7 Å². The first-order valence-electron chi connectivity index (χ1n) is 19.2. The summed E-state index contributed by atoms with van der Waals surface area (Å²) in [5.41, 5.74) is 11.4. The van der Waals surface area contributed by atoms with Crippen LogP contribution in [0, 0.1) is 0 Å². The van der Waals surface area contributed by atoms with E-state index in [1.807, 2.05) is 48.5 Å². The maximum Gasteiger partial charge on any atom is 0.0629 e. The minimum atomic E-state index is -0.401. The topological polar surface area (TPSA) is 8.17 Å². The van der Waals surface area contributed by atoms with Gasteiger partial charge in [0.05, 0.1) is 17.9 Å². The molecule has 50 heavy (non-hydrogen) atoms. The summed E-state index contributed by atoms with van der Waals surface area (Å²) in [6.45, 7) is 0. The second kappa shape index (κ2) is 12.8. The van der Waals surface area contributed by atoms with Crippen LogP contribution in [0.4, 0.5) is 17.1 Å². The van der Waals surface area contributed by atoms with E-state index in [1.165, 1.54) is 16.3 Å². The first-order valence-corrected chi connectivity index (χ1v) is 16.7. The standard InChI is InChI=1S/C48H34N2/c1-4-12-35(13-5-1)37-20-27-42(28-21-37)49(43-29-22-38(23-30-43)36-14-6-2-7-15-36)44-31-24-39(25-32-44)40-26-33-46-45-18-10-11-19-47(45)50(48(46)34-40)41-16-8-3-9-17-41/h1-34H/i1D,4D,5D,12D,13D. The third kappa shape index (κ3) is 5.43. The molecule has 236 valence electrons. The van der Waals surface area contributed by atoms with Gasteiger partial charge in [0.2, 0.25) is 0 Å². The zero-order valence-corrected chi connectivity index (χ0v) is 27.1. The van der Waals surface area contributed by atoms with Crippen LogP contribution in [0.15, 0.2) is 206 Å². The first-order chi connectivity index (χ1) is 26.9. The number of hydrogen-bond acceptors (Lipinski definition) is 1. The Morgan fingerprint density at radius 1 is 0.360 bits per heavy atom. The molecule has 0 amide bonds. The highest BCUT2D eigenvalue weighted by Crippen LogP contribution is 2.39. The van der Waals surface area contributed by atoms with Gasteiger partial charge in [-0.2, -0.15) is 0 Å². The molecule has 0 aliphatic carbocycles. The zero-order chi connectivity index (χ0) is 37.6. The van der Waals surface area contributed by atoms with Crippen molar-refractivity contribution in [3.8, 4) is 39.1 Å². The molecule has 0 bridgehead atoms. The van der Waals surface area contributed by atoms with Crippen molar-refractivity contribution in [2.45, 2.75) is 0 Å². The van der Waals surface area contributed by atoms with E-state index in [4.69, 9.17) is 6.85 Å². The molecule has 9 rings (SSSR count). The molecule has 1 heterocycles. The summed E-state index contributed by atoms with van der Waals surface area (Å²) >= 11 is 0. The number of fused-ring (bicyclic) bond motifs is 3. The van der Waals surface area contributed by atoms with Crippen LogP contribution in [0.3, 0.4) is 0 Å². The lowest BCUT2D eigenvalue weighted by molar-refractivity contribution is 1.18. The van der Waals surface area contributed by atoms with Crippen LogP contribution in [0.2, 0.25) is 0 Å². The molecule has 0 saturated carbocycles. The van der Waals surface area contributed by atoms with E-state index in [9.17, 15) is 0 Å².